The Bertz CT molecular complexity index is 1140. The van der Waals surface area contributed by atoms with Crippen LogP contribution < -0.4 is 0 Å². The van der Waals surface area contributed by atoms with E-state index in [0.717, 1.165) is 32.7 Å². The second-order valence-corrected chi connectivity index (χ2v) is 5.15. The second kappa shape index (κ2) is 3.76. The molecule has 4 nitrogen and oxygen atoms in total. The Hall–Kier alpha value is -3.01. The number of fused-ring (bicyclic) bond motifs is 7. The summed E-state index contributed by atoms with van der Waals surface area (Å²) >= 11 is 0. The van der Waals surface area contributed by atoms with Crippen molar-refractivity contribution in [3.05, 3.63) is 55.2 Å². The average molecular weight is 270 g/mol. The Morgan fingerprint density at radius 3 is 2.76 bits per heavy atom. The highest BCUT2D eigenvalue weighted by molar-refractivity contribution is 6.24. The molecule has 0 amide bonds. The fraction of sp³-hybridized carbons (Fsp3) is 0. The first-order chi connectivity index (χ1) is 10.4. The van der Waals surface area contributed by atoms with Gasteiger partial charge in [-0.05, 0) is 35.0 Å². The van der Waals surface area contributed by atoms with Crippen molar-refractivity contribution in [1.82, 2.24) is 19.9 Å². The summed E-state index contributed by atoms with van der Waals surface area (Å²) in [7, 11) is 0. The maximum Gasteiger partial charge on any atom is 0.117 e. The van der Waals surface area contributed by atoms with Crippen LogP contribution in [0.2, 0.25) is 0 Å². The number of imidazole rings is 1. The summed E-state index contributed by atoms with van der Waals surface area (Å²) < 4.78 is 0. The number of nitrogens with one attached hydrogen (secondary N) is 1. The molecule has 21 heavy (non-hydrogen) atoms. The third-order valence-corrected chi connectivity index (χ3v) is 4.01. The van der Waals surface area contributed by atoms with Gasteiger partial charge in [0.2, 0.25) is 0 Å². The zero-order chi connectivity index (χ0) is 13.8. The summed E-state index contributed by atoms with van der Waals surface area (Å²) in [5.41, 5.74) is 2.89. The summed E-state index contributed by atoms with van der Waals surface area (Å²) in [5, 5.41) is 5.77. The predicted octanol–water partition coefficient (Wildman–Crippen LogP) is 3.81. The number of H-pyrrole nitrogens is 1. The van der Waals surface area contributed by atoms with Gasteiger partial charge in [0.15, 0.2) is 0 Å². The van der Waals surface area contributed by atoms with Crippen LogP contribution in [-0.2, 0) is 0 Å². The molecule has 5 aromatic rings. The molecule has 0 bridgehead atoms. The van der Waals surface area contributed by atoms with Crippen LogP contribution in [0.1, 0.15) is 0 Å². The van der Waals surface area contributed by atoms with Crippen molar-refractivity contribution < 1.29 is 0 Å². The molecule has 3 aromatic heterocycles. The highest BCUT2D eigenvalue weighted by atomic mass is 14.9. The molecule has 4 heteroatoms. The smallest absolute Gasteiger partial charge is 0.117 e. The Morgan fingerprint density at radius 2 is 1.76 bits per heavy atom. The molecule has 0 aliphatic carbocycles. The van der Waals surface area contributed by atoms with Crippen molar-refractivity contribution in [2.24, 2.45) is 0 Å². The van der Waals surface area contributed by atoms with Crippen LogP contribution >= 0.6 is 0 Å². The monoisotopic (exact) mass is 270 g/mol. The van der Waals surface area contributed by atoms with Gasteiger partial charge >= 0.3 is 0 Å². The minimum Gasteiger partial charge on any atom is -0.359 e. The molecular formula is C17H10N4. The van der Waals surface area contributed by atoms with Crippen LogP contribution in [0.25, 0.3) is 43.5 Å². The van der Waals surface area contributed by atoms with Gasteiger partial charge in [-0.1, -0.05) is 6.07 Å². The first-order valence-electron chi connectivity index (χ1n) is 6.79. The standard InChI is InChI=1S/C17H10N4/c1-2-12-13-7-11-8-18-5-3-10(11)6-14(13)16-17(21-9-20-16)15(12)19-4-1/h1-9,19H. The maximum atomic E-state index is 4.46. The van der Waals surface area contributed by atoms with Gasteiger partial charge in [-0.15, -0.1) is 0 Å². The van der Waals surface area contributed by atoms with Gasteiger partial charge in [0.25, 0.3) is 0 Å². The minimum absolute atomic E-state index is 0.923. The Morgan fingerprint density at radius 1 is 0.857 bits per heavy atom. The molecule has 0 unspecified atom stereocenters. The summed E-state index contributed by atoms with van der Waals surface area (Å²) in [6.45, 7) is 0. The van der Waals surface area contributed by atoms with Crippen LogP contribution in [0.3, 0.4) is 0 Å². The average Bonchev–Trinajstić information content (AvgIpc) is 3.03. The normalized spacial score (nSPS) is 11.8. The van der Waals surface area contributed by atoms with E-state index in [1.54, 1.807) is 6.33 Å². The van der Waals surface area contributed by atoms with Crippen LogP contribution in [-0.4, -0.2) is 19.9 Å². The number of benzene rings is 2. The third kappa shape index (κ3) is 1.36. The molecule has 0 saturated heterocycles. The van der Waals surface area contributed by atoms with Crippen molar-refractivity contribution >= 4 is 43.5 Å². The number of rotatable bonds is 0. The van der Waals surface area contributed by atoms with Gasteiger partial charge < -0.3 is 4.98 Å². The van der Waals surface area contributed by atoms with E-state index in [9.17, 15) is 0 Å². The molecule has 3 heterocycles. The fourth-order valence-corrected chi connectivity index (χ4v) is 3.06. The molecule has 0 aliphatic rings. The number of hydrogen-bond acceptors (Lipinski definition) is 3. The lowest BCUT2D eigenvalue weighted by atomic mass is 10.00. The summed E-state index contributed by atoms with van der Waals surface area (Å²) in [6.07, 6.45) is 7.26. The topological polar surface area (TPSA) is 54.5 Å². The van der Waals surface area contributed by atoms with Crippen LogP contribution in [0.15, 0.2) is 55.2 Å². The van der Waals surface area contributed by atoms with Gasteiger partial charge in [0.05, 0.1) is 5.52 Å². The molecule has 0 spiro atoms. The number of pyridine rings is 2. The number of aromatic nitrogens is 4. The molecule has 0 saturated carbocycles. The van der Waals surface area contributed by atoms with Crippen LogP contribution in [0, 0.1) is 0 Å². The highest BCUT2D eigenvalue weighted by Crippen LogP contribution is 2.34. The Balaban J connectivity index is 2.18. The van der Waals surface area contributed by atoms with Crippen molar-refractivity contribution in [3.8, 4) is 0 Å². The SMILES string of the molecule is c1c[nH]c2c(c1)c1cc3cnccc3cc1c1ncnc12. The highest BCUT2D eigenvalue weighted by Gasteiger charge is 2.12. The largest absolute Gasteiger partial charge is 0.359 e. The number of aromatic amines is 1. The number of hydrogen-bond donors (Lipinski definition) is 1. The van der Waals surface area contributed by atoms with Crippen LogP contribution in [0.5, 0.6) is 0 Å². The molecule has 0 atom stereocenters. The van der Waals surface area contributed by atoms with E-state index >= 15 is 0 Å². The third-order valence-electron chi connectivity index (χ3n) is 4.01. The van der Waals surface area contributed by atoms with E-state index in [2.05, 4.69) is 38.1 Å². The Labute approximate surface area is 119 Å². The molecule has 0 fully saturated rings. The van der Waals surface area contributed by atoms with E-state index in [1.165, 1.54) is 10.8 Å². The van der Waals surface area contributed by atoms with Crippen molar-refractivity contribution in [2.45, 2.75) is 0 Å². The zero-order valence-corrected chi connectivity index (χ0v) is 11.0. The minimum atomic E-state index is 0.923. The Kier molecular flexibility index (Phi) is 1.92. The second-order valence-electron chi connectivity index (χ2n) is 5.15. The van der Waals surface area contributed by atoms with E-state index < -0.39 is 0 Å². The first kappa shape index (κ1) is 10.7. The van der Waals surface area contributed by atoms with Crippen molar-refractivity contribution in [1.29, 1.82) is 0 Å². The van der Waals surface area contributed by atoms with Crippen LogP contribution in [0.4, 0.5) is 0 Å². The molecule has 2 aromatic carbocycles. The van der Waals surface area contributed by atoms with Gasteiger partial charge in [-0.3, -0.25) is 4.98 Å². The molecule has 98 valence electrons. The molecule has 0 aliphatic heterocycles. The van der Waals surface area contributed by atoms with Gasteiger partial charge in [-0.25, -0.2) is 9.97 Å². The zero-order valence-electron chi connectivity index (χ0n) is 11.0. The van der Waals surface area contributed by atoms with E-state index in [-0.39, 0.29) is 0 Å². The summed E-state index contributed by atoms with van der Waals surface area (Å²) in [5.74, 6) is 0. The maximum absolute atomic E-state index is 4.46. The summed E-state index contributed by atoms with van der Waals surface area (Å²) in [4.78, 5) is 16.4. The summed E-state index contributed by atoms with van der Waals surface area (Å²) in [6, 6.07) is 10.5. The first-order valence-corrected chi connectivity index (χ1v) is 6.79. The molecule has 5 rings (SSSR count). The quantitative estimate of drug-likeness (QED) is 0.344. The van der Waals surface area contributed by atoms with E-state index in [0.29, 0.717) is 0 Å². The lowest BCUT2D eigenvalue weighted by Gasteiger charge is -2.07. The molecule has 0 radical (unpaired) electrons. The lowest BCUT2D eigenvalue weighted by Crippen LogP contribution is -1.86. The molecular weight excluding hydrogens is 260 g/mol. The van der Waals surface area contributed by atoms with E-state index in [1.807, 2.05) is 30.7 Å². The predicted molar refractivity (Wildman–Crippen MR) is 84.2 cm³/mol. The molecule has 1 N–H and O–H groups in total. The van der Waals surface area contributed by atoms with Crippen molar-refractivity contribution in [3.63, 3.8) is 0 Å². The van der Waals surface area contributed by atoms with Gasteiger partial charge in [0.1, 0.15) is 17.4 Å². The van der Waals surface area contributed by atoms with E-state index in [4.69, 9.17) is 0 Å². The van der Waals surface area contributed by atoms with Crippen molar-refractivity contribution in [2.75, 3.05) is 0 Å². The number of nitrogens with zero attached hydrogens (tertiary/aromatic N) is 3. The lowest BCUT2D eigenvalue weighted by molar-refractivity contribution is 1.34. The fourth-order valence-electron chi connectivity index (χ4n) is 3.06. The van der Waals surface area contributed by atoms with Gasteiger partial charge in [0, 0.05) is 34.7 Å². The van der Waals surface area contributed by atoms with Gasteiger partial charge in [-0.2, -0.15) is 0 Å².